The average molecular weight is 250 g/mol. The fourth-order valence-electron chi connectivity index (χ4n) is 2.21. The van der Waals surface area contributed by atoms with Crippen LogP contribution in [0.5, 0.6) is 0 Å². The number of nitriles is 2. The fourth-order valence-corrected chi connectivity index (χ4v) is 2.21. The lowest BCUT2D eigenvalue weighted by Gasteiger charge is -2.34. The van der Waals surface area contributed by atoms with Gasteiger partial charge in [0, 0.05) is 32.6 Å². The van der Waals surface area contributed by atoms with Gasteiger partial charge in [-0.2, -0.15) is 10.5 Å². The number of nitrogens with zero attached hydrogens (tertiary/aromatic N) is 4. The molecule has 2 atom stereocenters. The van der Waals surface area contributed by atoms with Crippen LogP contribution in [-0.2, 0) is 4.74 Å². The van der Waals surface area contributed by atoms with E-state index in [9.17, 15) is 0 Å². The summed E-state index contributed by atoms with van der Waals surface area (Å²) in [4.78, 5) is 4.40. The molecule has 0 saturated carbocycles. The summed E-state index contributed by atoms with van der Waals surface area (Å²) >= 11 is 0. The number of likely N-dealkylation sites (N-methyl/N-ethyl adjacent to an activating group) is 1. The zero-order chi connectivity index (χ0) is 13.4. The molecule has 0 aliphatic carbocycles. The standard InChI is InChI=1S/C13H22N4O/c1-16(2)10-13-11-17(6-7-18-13)9-12(8-15)4-3-5-14/h12-13H,3-4,6-7,9-11H2,1-2H3/t12-,13-/m1/s1. The fraction of sp³-hybridized carbons (Fsp3) is 0.846. The third-order valence-electron chi connectivity index (χ3n) is 3.06. The highest BCUT2D eigenvalue weighted by Crippen LogP contribution is 2.12. The topological polar surface area (TPSA) is 63.3 Å². The molecule has 1 aliphatic rings. The highest BCUT2D eigenvalue weighted by Gasteiger charge is 2.23. The van der Waals surface area contributed by atoms with Crippen molar-refractivity contribution in [2.24, 2.45) is 5.92 Å². The first-order chi connectivity index (χ1) is 8.65. The zero-order valence-corrected chi connectivity index (χ0v) is 11.3. The Bertz CT molecular complexity index is 318. The lowest BCUT2D eigenvalue weighted by molar-refractivity contribution is -0.0404. The van der Waals surface area contributed by atoms with Gasteiger partial charge < -0.3 is 9.64 Å². The van der Waals surface area contributed by atoms with Gasteiger partial charge in [0.15, 0.2) is 0 Å². The predicted octanol–water partition coefficient (Wildman–Crippen LogP) is 0.692. The third kappa shape index (κ3) is 5.46. The SMILES string of the molecule is CN(C)C[C@@H]1CN(C[C@@H](C#N)CCC#N)CCO1. The van der Waals surface area contributed by atoms with E-state index in [-0.39, 0.29) is 12.0 Å². The minimum atomic E-state index is -0.0391. The first-order valence-corrected chi connectivity index (χ1v) is 6.41. The molecule has 1 aliphatic heterocycles. The van der Waals surface area contributed by atoms with E-state index in [1.54, 1.807) is 0 Å². The second kappa shape index (κ2) is 8.05. The van der Waals surface area contributed by atoms with Gasteiger partial charge in [0.05, 0.1) is 30.8 Å². The van der Waals surface area contributed by atoms with Gasteiger partial charge in [-0.05, 0) is 20.5 Å². The largest absolute Gasteiger partial charge is 0.374 e. The van der Waals surface area contributed by atoms with Gasteiger partial charge in [0.25, 0.3) is 0 Å². The number of hydrogen-bond donors (Lipinski definition) is 0. The van der Waals surface area contributed by atoms with Crippen LogP contribution < -0.4 is 0 Å². The lowest BCUT2D eigenvalue weighted by atomic mass is 10.0. The van der Waals surface area contributed by atoms with Crippen molar-refractivity contribution >= 4 is 0 Å². The highest BCUT2D eigenvalue weighted by molar-refractivity contribution is 4.89. The van der Waals surface area contributed by atoms with E-state index < -0.39 is 0 Å². The minimum Gasteiger partial charge on any atom is -0.374 e. The normalized spacial score (nSPS) is 22.4. The molecule has 1 fully saturated rings. The van der Waals surface area contributed by atoms with E-state index in [1.165, 1.54) is 0 Å². The summed E-state index contributed by atoms with van der Waals surface area (Å²) in [5.41, 5.74) is 0. The molecule has 0 spiro atoms. The Labute approximate surface area is 110 Å². The Hall–Kier alpha value is -1.14. The monoisotopic (exact) mass is 250 g/mol. The van der Waals surface area contributed by atoms with Crippen LogP contribution in [0.4, 0.5) is 0 Å². The van der Waals surface area contributed by atoms with E-state index in [4.69, 9.17) is 15.3 Å². The second-order valence-electron chi connectivity index (χ2n) is 5.04. The molecule has 0 N–H and O–H groups in total. The van der Waals surface area contributed by atoms with Crippen LogP contribution in [0.15, 0.2) is 0 Å². The van der Waals surface area contributed by atoms with Crippen LogP contribution in [0.1, 0.15) is 12.8 Å². The predicted molar refractivity (Wildman–Crippen MR) is 68.7 cm³/mol. The molecule has 0 aromatic heterocycles. The number of morpholine rings is 1. The highest BCUT2D eigenvalue weighted by atomic mass is 16.5. The number of hydrogen-bond acceptors (Lipinski definition) is 5. The summed E-state index contributed by atoms with van der Waals surface area (Å²) in [5, 5.41) is 17.6. The molecule has 0 radical (unpaired) electrons. The molecule has 0 aromatic rings. The first-order valence-electron chi connectivity index (χ1n) is 6.41. The quantitative estimate of drug-likeness (QED) is 0.694. The van der Waals surface area contributed by atoms with Crippen molar-refractivity contribution in [3.63, 3.8) is 0 Å². The van der Waals surface area contributed by atoms with Gasteiger partial charge >= 0.3 is 0 Å². The Morgan fingerprint density at radius 3 is 2.83 bits per heavy atom. The molecule has 5 nitrogen and oxygen atoms in total. The molecular formula is C13H22N4O. The van der Waals surface area contributed by atoms with E-state index in [0.29, 0.717) is 12.8 Å². The van der Waals surface area contributed by atoms with Crippen LogP contribution in [0.25, 0.3) is 0 Å². The molecule has 0 unspecified atom stereocenters. The van der Waals surface area contributed by atoms with Gasteiger partial charge in [-0.25, -0.2) is 0 Å². The number of ether oxygens (including phenoxy) is 1. The third-order valence-corrected chi connectivity index (χ3v) is 3.06. The summed E-state index contributed by atoms with van der Waals surface area (Å²) in [6.45, 7) is 4.16. The van der Waals surface area contributed by atoms with Gasteiger partial charge in [-0.15, -0.1) is 0 Å². The van der Waals surface area contributed by atoms with Crippen molar-refractivity contribution in [3.8, 4) is 12.1 Å². The summed E-state index contributed by atoms with van der Waals surface area (Å²) in [6.07, 6.45) is 1.36. The van der Waals surface area contributed by atoms with Crippen molar-refractivity contribution in [1.82, 2.24) is 9.80 Å². The molecule has 0 bridgehead atoms. The van der Waals surface area contributed by atoms with E-state index in [1.807, 2.05) is 14.1 Å². The van der Waals surface area contributed by atoms with Crippen molar-refractivity contribution in [2.75, 3.05) is 46.9 Å². The van der Waals surface area contributed by atoms with Gasteiger partial charge in [-0.3, -0.25) is 4.90 Å². The van der Waals surface area contributed by atoms with Crippen LogP contribution in [0, 0.1) is 28.6 Å². The smallest absolute Gasteiger partial charge is 0.0829 e. The molecule has 5 heteroatoms. The van der Waals surface area contributed by atoms with Crippen LogP contribution in [0.2, 0.25) is 0 Å². The molecule has 0 amide bonds. The van der Waals surface area contributed by atoms with Crippen LogP contribution >= 0.6 is 0 Å². The zero-order valence-electron chi connectivity index (χ0n) is 11.3. The van der Waals surface area contributed by atoms with E-state index in [2.05, 4.69) is 21.9 Å². The molecule has 1 saturated heterocycles. The Balaban J connectivity index is 2.37. The molecule has 100 valence electrons. The maximum absolute atomic E-state index is 9.07. The lowest BCUT2D eigenvalue weighted by Crippen LogP contribution is -2.47. The maximum Gasteiger partial charge on any atom is 0.0829 e. The summed E-state index contributed by atoms with van der Waals surface area (Å²) in [7, 11) is 4.07. The van der Waals surface area contributed by atoms with E-state index >= 15 is 0 Å². The molecular weight excluding hydrogens is 228 g/mol. The van der Waals surface area contributed by atoms with E-state index in [0.717, 1.165) is 32.8 Å². The summed E-state index contributed by atoms with van der Waals surface area (Å²) in [5.74, 6) is -0.0391. The molecule has 1 rings (SSSR count). The molecule has 18 heavy (non-hydrogen) atoms. The molecule has 1 heterocycles. The average Bonchev–Trinajstić information content (AvgIpc) is 2.34. The van der Waals surface area contributed by atoms with Gasteiger partial charge in [-0.1, -0.05) is 0 Å². The van der Waals surface area contributed by atoms with Crippen molar-refractivity contribution in [1.29, 1.82) is 10.5 Å². The Kier molecular flexibility index (Phi) is 6.67. The minimum absolute atomic E-state index is 0.0391. The second-order valence-corrected chi connectivity index (χ2v) is 5.04. The van der Waals surface area contributed by atoms with Crippen LogP contribution in [-0.4, -0.2) is 62.8 Å². The first kappa shape index (κ1) is 14.9. The van der Waals surface area contributed by atoms with Gasteiger partial charge in [0.1, 0.15) is 0 Å². The Morgan fingerprint density at radius 1 is 1.44 bits per heavy atom. The van der Waals surface area contributed by atoms with Crippen molar-refractivity contribution in [3.05, 3.63) is 0 Å². The number of rotatable bonds is 6. The Morgan fingerprint density at radius 2 is 2.22 bits per heavy atom. The van der Waals surface area contributed by atoms with Crippen molar-refractivity contribution < 1.29 is 4.74 Å². The summed E-state index contributed by atoms with van der Waals surface area (Å²) in [6, 6.07) is 4.40. The summed E-state index contributed by atoms with van der Waals surface area (Å²) < 4.78 is 5.70. The van der Waals surface area contributed by atoms with Gasteiger partial charge in [0.2, 0.25) is 0 Å². The van der Waals surface area contributed by atoms with Crippen LogP contribution in [0.3, 0.4) is 0 Å². The maximum atomic E-state index is 9.07. The van der Waals surface area contributed by atoms with Crippen molar-refractivity contribution in [2.45, 2.75) is 18.9 Å². The molecule has 0 aromatic carbocycles.